The van der Waals surface area contributed by atoms with Crippen LogP contribution < -0.4 is 10.4 Å². The summed E-state index contributed by atoms with van der Waals surface area (Å²) in [5.41, 5.74) is 3.96. The maximum atomic E-state index is 3.68. The first-order chi connectivity index (χ1) is 6.75. The summed E-state index contributed by atoms with van der Waals surface area (Å²) in [4.78, 5) is 0. The van der Waals surface area contributed by atoms with Gasteiger partial charge in [0.05, 0.1) is 10.2 Å². The molecule has 1 heteroatoms. The van der Waals surface area contributed by atoms with Gasteiger partial charge in [-0.3, -0.25) is 0 Å². The lowest BCUT2D eigenvalue weighted by molar-refractivity contribution is 1.51. The van der Waals surface area contributed by atoms with Crippen LogP contribution in [0.25, 0.3) is 23.4 Å². The zero-order valence-corrected chi connectivity index (χ0v) is 8.96. The van der Waals surface area contributed by atoms with E-state index in [2.05, 4.69) is 53.6 Å². The van der Waals surface area contributed by atoms with Crippen LogP contribution >= 0.6 is 0 Å². The first kappa shape index (κ1) is 8.01. The minimum absolute atomic E-state index is 1.23. The minimum atomic E-state index is 1.23. The van der Waals surface area contributed by atoms with Gasteiger partial charge in [0.2, 0.25) is 0 Å². The van der Waals surface area contributed by atoms with Crippen LogP contribution in [0, 0.1) is 0 Å². The van der Waals surface area contributed by atoms with Crippen LogP contribution in [0.5, 0.6) is 0 Å². The lowest BCUT2D eigenvalue weighted by atomic mass is 10.1. The Morgan fingerprint density at radius 2 is 2.00 bits per heavy atom. The Morgan fingerprint density at radius 1 is 1.14 bits per heavy atom. The Bertz CT molecular complexity index is 601. The average molecular weight is 193 g/mol. The zero-order chi connectivity index (χ0) is 9.71. The Morgan fingerprint density at radius 3 is 2.86 bits per heavy atom. The van der Waals surface area contributed by atoms with Crippen LogP contribution in [0.3, 0.4) is 0 Å². The molecule has 0 N–H and O–H groups in total. The molecular weight excluding hydrogens is 184 g/mol. The molecule has 0 saturated heterocycles. The molecule has 0 saturated carbocycles. The van der Waals surface area contributed by atoms with Gasteiger partial charge >= 0.3 is 0 Å². The van der Waals surface area contributed by atoms with E-state index in [1.165, 1.54) is 32.3 Å². The highest BCUT2D eigenvalue weighted by Gasteiger charge is 2.09. The van der Waals surface area contributed by atoms with Crippen LogP contribution in [0.2, 0.25) is 0 Å². The molecule has 0 atom stereocenters. The van der Waals surface area contributed by atoms with E-state index in [0.29, 0.717) is 0 Å². The van der Waals surface area contributed by atoms with Gasteiger partial charge in [0.15, 0.2) is 0 Å². The van der Waals surface area contributed by atoms with Gasteiger partial charge in [0.1, 0.15) is 0 Å². The molecule has 3 radical (unpaired) electrons. The monoisotopic (exact) mass is 193 g/mol. The van der Waals surface area contributed by atoms with Crippen molar-refractivity contribution in [3.05, 3.63) is 45.3 Å². The fourth-order valence-electron chi connectivity index (χ4n) is 2.05. The standard InChI is InChI=1S/C13H9Si/c1-8-5-11-6-9-3-2-4-10(9)7-12(11)13(8)14/h2-7H,1H3. The molecule has 3 rings (SSSR count). The van der Waals surface area contributed by atoms with E-state index in [-0.39, 0.29) is 0 Å². The summed E-state index contributed by atoms with van der Waals surface area (Å²) >= 11 is 0. The third-order valence-electron chi connectivity index (χ3n) is 2.84. The Balaban J connectivity index is 2.46. The summed E-state index contributed by atoms with van der Waals surface area (Å²) < 4.78 is 0. The molecule has 0 bridgehead atoms. The summed E-state index contributed by atoms with van der Waals surface area (Å²) in [7, 11) is 3.68. The van der Waals surface area contributed by atoms with E-state index in [1.54, 1.807) is 0 Å². The summed E-state index contributed by atoms with van der Waals surface area (Å²) in [6, 6.07) is 4.50. The summed E-state index contributed by atoms with van der Waals surface area (Å²) in [5.74, 6) is 0. The smallest absolute Gasteiger partial charge is 0.0610 e. The zero-order valence-electron chi connectivity index (χ0n) is 7.96. The molecule has 0 aromatic heterocycles. The van der Waals surface area contributed by atoms with E-state index in [1.807, 2.05) is 0 Å². The molecule has 2 aliphatic rings. The average Bonchev–Trinajstić information content (AvgIpc) is 2.70. The summed E-state index contributed by atoms with van der Waals surface area (Å²) in [5, 5.41) is 3.87. The number of hydrogen-bond donors (Lipinski definition) is 0. The Hall–Kier alpha value is -1.34. The summed E-state index contributed by atoms with van der Waals surface area (Å²) in [6.07, 6.45) is 8.64. The highest BCUT2D eigenvalue weighted by atomic mass is 28.1. The molecule has 0 aliphatic heterocycles. The van der Waals surface area contributed by atoms with Crippen LogP contribution in [0.4, 0.5) is 0 Å². The molecule has 1 aromatic carbocycles. The normalized spacial score (nSPS) is 16.4. The number of hydrogen-bond acceptors (Lipinski definition) is 0. The van der Waals surface area contributed by atoms with Gasteiger partial charge in [0, 0.05) is 0 Å². The fraction of sp³-hybridized carbons (Fsp3) is 0.0769. The second-order valence-corrected chi connectivity index (χ2v) is 4.30. The van der Waals surface area contributed by atoms with E-state index >= 15 is 0 Å². The van der Waals surface area contributed by atoms with Gasteiger partial charge in [-0.1, -0.05) is 35.1 Å². The van der Waals surface area contributed by atoms with Gasteiger partial charge in [-0.15, -0.1) is 0 Å². The van der Waals surface area contributed by atoms with Gasteiger partial charge < -0.3 is 0 Å². The molecule has 14 heavy (non-hydrogen) atoms. The van der Waals surface area contributed by atoms with Gasteiger partial charge in [-0.2, -0.15) is 0 Å². The Kier molecular flexibility index (Phi) is 1.47. The molecule has 1 aromatic rings. The summed E-state index contributed by atoms with van der Waals surface area (Å²) in [6.45, 7) is 2.13. The van der Waals surface area contributed by atoms with E-state index < -0.39 is 0 Å². The molecule has 0 spiro atoms. The molecule has 0 fully saturated rings. The van der Waals surface area contributed by atoms with Crippen molar-refractivity contribution in [1.82, 2.24) is 0 Å². The maximum Gasteiger partial charge on any atom is 0.0724 e. The predicted molar refractivity (Wildman–Crippen MR) is 62.0 cm³/mol. The van der Waals surface area contributed by atoms with Crippen molar-refractivity contribution in [2.24, 2.45) is 0 Å². The number of rotatable bonds is 0. The number of benzene rings is 1. The first-order valence-corrected chi connectivity index (χ1v) is 5.23. The molecule has 0 unspecified atom stereocenters. The number of allylic oxidation sites excluding steroid dienone is 2. The fourth-order valence-corrected chi connectivity index (χ4v) is 2.34. The molecule has 0 amide bonds. The van der Waals surface area contributed by atoms with Crippen molar-refractivity contribution in [2.75, 3.05) is 0 Å². The van der Waals surface area contributed by atoms with Crippen LogP contribution in [-0.2, 0) is 0 Å². The van der Waals surface area contributed by atoms with E-state index in [0.717, 1.165) is 0 Å². The SMILES string of the molecule is CC1=Cc2cc3c(cc2=C1[Si])C=CC=3. The number of fused-ring (bicyclic) bond motifs is 2. The highest BCUT2D eigenvalue weighted by Crippen LogP contribution is 2.16. The van der Waals surface area contributed by atoms with Crippen molar-refractivity contribution < 1.29 is 0 Å². The van der Waals surface area contributed by atoms with Gasteiger partial charge in [0.25, 0.3) is 0 Å². The first-order valence-electron chi connectivity index (χ1n) is 4.73. The lowest BCUT2D eigenvalue weighted by Gasteiger charge is -1.96. The van der Waals surface area contributed by atoms with Crippen molar-refractivity contribution in [3.63, 3.8) is 0 Å². The highest BCUT2D eigenvalue weighted by molar-refractivity contribution is 6.43. The van der Waals surface area contributed by atoms with Crippen LogP contribution in [0.15, 0.2) is 23.8 Å². The van der Waals surface area contributed by atoms with Gasteiger partial charge in [-0.25, -0.2) is 0 Å². The van der Waals surface area contributed by atoms with Crippen LogP contribution in [0.1, 0.15) is 18.1 Å². The second kappa shape index (κ2) is 2.58. The van der Waals surface area contributed by atoms with Crippen LogP contribution in [-0.4, -0.2) is 10.2 Å². The molecule has 2 aliphatic carbocycles. The molecular formula is C13H9Si. The van der Waals surface area contributed by atoms with Crippen molar-refractivity contribution in [1.29, 1.82) is 0 Å². The Labute approximate surface area is 86.4 Å². The van der Waals surface area contributed by atoms with Crippen molar-refractivity contribution in [2.45, 2.75) is 6.92 Å². The van der Waals surface area contributed by atoms with E-state index in [4.69, 9.17) is 0 Å². The quantitative estimate of drug-likeness (QED) is 0.543. The second-order valence-electron chi connectivity index (χ2n) is 3.80. The third kappa shape index (κ3) is 0.932. The molecule has 65 valence electrons. The largest absolute Gasteiger partial charge is 0.0724 e. The molecule has 0 nitrogen and oxygen atoms in total. The molecule has 0 heterocycles. The van der Waals surface area contributed by atoms with Gasteiger partial charge in [-0.05, 0) is 40.6 Å². The van der Waals surface area contributed by atoms with Crippen molar-refractivity contribution >= 4 is 33.7 Å². The minimum Gasteiger partial charge on any atom is -0.0610 e. The third-order valence-corrected chi connectivity index (χ3v) is 3.51. The lowest BCUT2D eigenvalue weighted by Crippen LogP contribution is -2.14. The maximum absolute atomic E-state index is 3.68. The van der Waals surface area contributed by atoms with Crippen molar-refractivity contribution in [3.8, 4) is 0 Å². The predicted octanol–water partition coefficient (Wildman–Crippen LogP) is 1.19. The van der Waals surface area contributed by atoms with E-state index in [9.17, 15) is 0 Å². The topological polar surface area (TPSA) is 0 Å².